The normalized spacial score (nSPS) is 23.3. The summed E-state index contributed by atoms with van der Waals surface area (Å²) in [7, 11) is 0. The molecule has 1 amide bonds. The molecule has 2 rings (SSSR count). The first-order valence-electron chi connectivity index (χ1n) is 7.34. The van der Waals surface area contributed by atoms with E-state index in [1.165, 1.54) is 0 Å². The van der Waals surface area contributed by atoms with Gasteiger partial charge in [-0.1, -0.05) is 30.3 Å². The van der Waals surface area contributed by atoms with Crippen molar-refractivity contribution in [2.45, 2.75) is 44.2 Å². The summed E-state index contributed by atoms with van der Waals surface area (Å²) < 4.78 is 0. The Labute approximate surface area is 124 Å². The van der Waals surface area contributed by atoms with Crippen molar-refractivity contribution >= 4 is 11.9 Å². The molecule has 0 aliphatic carbocycles. The molecule has 1 aromatic carbocycles. The molecule has 1 aliphatic heterocycles. The van der Waals surface area contributed by atoms with Crippen LogP contribution in [0.25, 0.3) is 0 Å². The highest BCUT2D eigenvalue weighted by Crippen LogP contribution is 2.19. The van der Waals surface area contributed by atoms with E-state index in [-0.39, 0.29) is 12.3 Å². The molecule has 1 unspecified atom stereocenters. The van der Waals surface area contributed by atoms with Crippen LogP contribution in [-0.2, 0) is 16.0 Å². The van der Waals surface area contributed by atoms with Gasteiger partial charge in [-0.2, -0.15) is 0 Å². The molecule has 1 aromatic rings. The van der Waals surface area contributed by atoms with Gasteiger partial charge in [-0.3, -0.25) is 4.79 Å². The summed E-state index contributed by atoms with van der Waals surface area (Å²) in [6.45, 7) is 2.63. The number of carboxylic acid groups (broad SMARTS) is 1. The molecule has 0 aromatic heterocycles. The summed E-state index contributed by atoms with van der Waals surface area (Å²) in [5.74, 6) is -1.24. The second kappa shape index (κ2) is 6.72. The van der Waals surface area contributed by atoms with Crippen LogP contribution in [0.15, 0.2) is 30.3 Å². The monoisotopic (exact) mass is 290 g/mol. The first kappa shape index (κ1) is 15.5. The van der Waals surface area contributed by atoms with Crippen LogP contribution in [0.5, 0.6) is 0 Å². The van der Waals surface area contributed by atoms with Crippen molar-refractivity contribution in [2.24, 2.45) is 0 Å². The van der Waals surface area contributed by atoms with E-state index < -0.39 is 17.6 Å². The molecular weight excluding hydrogens is 268 g/mol. The van der Waals surface area contributed by atoms with Crippen molar-refractivity contribution in [3.63, 3.8) is 0 Å². The first-order chi connectivity index (χ1) is 10.0. The predicted octanol–water partition coefficient (Wildman–Crippen LogP) is 1.33. The Balaban J connectivity index is 2.02. The van der Waals surface area contributed by atoms with Gasteiger partial charge in [0.1, 0.15) is 6.04 Å². The third-order valence-electron chi connectivity index (χ3n) is 4.01. The summed E-state index contributed by atoms with van der Waals surface area (Å²) in [6, 6.07) is 8.43. The van der Waals surface area contributed by atoms with Crippen molar-refractivity contribution in [3.8, 4) is 0 Å². The lowest BCUT2D eigenvalue weighted by molar-refractivity contribution is -0.143. The van der Waals surface area contributed by atoms with Gasteiger partial charge in [0.2, 0.25) is 5.91 Å². The minimum absolute atomic E-state index is 0.231. The molecule has 1 heterocycles. The number of aliphatic carboxylic acids is 1. The molecule has 3 N–H and O–H groups in total. The Morgan fingerprint density at radius 3 is 2.62 bits per heavy atom. The number of rotatable bonds is 5. The molecule has 5 heteroatoms. The van der Waals surface area contributed by atoms with Gasteiger partial charge >= 0.3 is 5.97 Å². The molecule has 0 spiro atoms. The number of carbonyl (C=O) groups excluding carboxylic acids is 1. The number of piperidine rings is 1. The van der Waals surface area contributed by atoms with E-state index in [1.54, 1.807) is 0 Å². The zero-order valence-corrected chi connectivity index (χ0v) is 12.3. The summed E-state index contributed by atoms with van der Waals surface area (Å²) in [4.78, 5) is 23.8. The fourth-order valence-corrected chi connectivity index (χ4v) is 2.62. The summed E-state index contributed by atoms with van der Waals surface area (Å²) in [5, 5.41) is 15.2. The topological polar surface area (TPSA) is 78.4 Å². The van der Waals surface area contributed by atoms with E-state index in [9.17, 15) is 14.7 Å². The third kappa shape index (κ3) is 4.04. The van der Waals surface area contributed by atoms with Gasteiger partial charge in [0.05, 0.1) is 5.54 Å². The average Bonchev–Trinajstić information content (AvgIpc) is 2.48. The van der Waals surface area contributed by atoms with Crippen molar-refractivity contribution in [1.29, 1.82) is 0 Å². The molecule has 0 bridgehead atoms. The molecule has 0 radical (unpaired) electrons. The van der Waals surface area contributed by atoms with Crippen LogP contribution in [0, 0.1) is 0 Å². The van der Waals surface area contributed by atoms with Gasteiger partial charge in [0.15, 0.2) is 0 Å². The largest absolute Gasteiger partial charge is 0.480 e. The maximum Gasteiger partial charge on any atom is 0.326 e. The summed E-state index contributed by atoms with van der Waals surface area (Å²) >= 11 is 0. The predicted molar refractivity (Wildman–Crippen MR) is 80.0 cm³/mol. The highest BCUT2D eigenvalue weighted by atomic mass is 16.4. The van der Waals surface area contributed by atoms with E-state index in [0.717, 1.165) is 31.4 Å². The van der Waals surface area contributed by atoms with Gasteiger partial charge in [-0.05, 0) is 38.3 Å². The Bertz CT molecular complexity index is 496. The van der Waals surface area contributed by atoms with E-state index in [4.69, 9.17) is 0 Å². The highest BCUT2D eigenvalue weighted by Gasteiger charge is 2.36. The van der Waals surface area contributed by atoms with E-state index in [2.05, 4.69) is 10.6 Å². The Morgan fingerprint density at radius 1 is 1.33 bits per heavy atom. The van der Waals surface area contributed by atoms with Crippen LogP contribution in [0.2, 0.25) is 0 Å². The fourth-order valence-electron chi connectivity index (χ4n) is 2.62. The lowest BCUT2D eigenvalue weighted by Gasteiger charge is -2.34. The Kier molecular flexibility index (Phi) is 4.96. The van der Waals surface area contributed by atoms with Crippen LogP contribution >= 0.6 is 0 Å². The van der Waals surface area contributed by atoms with Gasteiger partial charge < -0.3 is 15.7 Å². The van der Waals surface area contributed by atoms with Crippen LogP contribution < -0.4 is 10.6 Å². The quantitative estimate of drug-likeness (QED) is 0.764. The van der Waals surface area contributed by atoms with Gasteiger partial charge in [0, 0.05) is 6.42 Å². The lowest BCUT2D eigenvalue weighted by atomic mass is 9.89. The minimum Gasteiger partial charge on any atom is -0.480 e. The maximum atomic E-state index is 12.4. The zero-order valence-electron chi connectivity index (χ0n) is 12.3. The molecule has 0 saturated carbocycles. The van der Waals surface area contributed by atoms with Crippen molar-refractivity contribution in [1.82, 2.24) is 10.6 Å². The number of hydrogen-bond acceptors (Lipinski definition) is 3. The van der Waals surface area contributed by atoms with E-state index in [0.29, 0.717) is 0 Å². The second-order valence-corrected chi connectivity index (χ2v) is 5.77. The van der Waals surface area contributed by atoms with Gasteiger partial charge in [-0.15, -0.1) is 0 Å². The fraction of sp³-hybridized carbons (Fsp3) is 0.500. The number of carboxylic acids is 1. The van der Waals surface area contributed by atoms with Crippen molar-refractivity contribution in [2.75, 3.05) is 6.54 Å². The molecule has 1 fully saturated rings. The number of nitrogens with one attached hydrogen (secondary N) is 2. The molecule has 114 valence electrons. The summed E-state index contributed by atoms with van der Waals surface area (Å²) in [5.41, 5.74) is 0.231. The van der Waals surface area contributed by atoms with Crippen molar-refractivity contribution < 1.29 is 14.7 Å². The first-order valence-corrected chi connectivity index (χ1v) is 7.34. The number of benzene rings is 1. The Hall–Kier alpha value is -1.88. The molecule has 5 nitrogen and oxygen atoms in total. The second-order valence-electron chi connectivity index (χ2n) is 5.77. The van der Waals surface area contributed by atoms with E-state index >= 15 is 0 Å². The van der Waals surface area contributed by atoms with Crippen LogP contribution in [0.1, 0.15) is 31.7 Å². The van der Waals surface area contributed by atoms with E-state index in [1.807, 2.05) is 37.3 Å². The van der Waals surface area contributed by atoms with Gasteiger partial charge in [0.25, 0.3) is 0 Å². The SMILES string of the molecule is CC1(C(=O)N[C@H](Cc2ccccc2)C(=O)O)CCCCN1. The van der Waals surface area contributed by atoms with Gasteiger partial charge in [-0.25, -0.2) is 4.79 Å². The highest BCUT2D eigenvalue weighted by molar-refractivity contribution is 5.90. The number of carbonyl (C=O) groups is 2. The standard InChI is InChI=1S/C16H22N2O3/c1-16(9-5-6-10-17-16)15(21)18-13(14(19)20)11-12-7-3-2-4-8-12/h2-4,7-8,13,17H,5-6,9-11H2,1H3,(H,18,21)(H,19,20)/t13-,16?/m1/s1. The molecule has 1 saturated heterocycles. The lowest BCUT2D eigenvalue weighted by Crippen LogP contribution is -2.59. The summed E-state index contributed by atoms with van der Waals surface area (Å²) in [6.07, 6.45) is 3.05. The van der Waals surface area contributed by atoms with Crippen LogP contribution in [0.3, 0.4) is 0 Å². The van der Waals surface area contributed by atoms with Crippen LogP contribution in [-0.4, -0.2) is 35.1 Å². The smallest absolute Gasteiger partial charge is 0.326 e. The number of amides is 1. The molecule has 2 atom stereocenters. The molecular formula is C16H22N2O3. The Morgan fingerprint density at radius 2 is 2.05 bits per heavy atom. The zero-order chi connectivity index (χ0) is 15.3. The van der Waals surface area contributed by atoms with Crippen molar-refractivity contribution in [3.05, 3.63) is 35.9 Å². The number of hydrogen-bond donors (Lipinski definition) is 3. The molecule has 21 heavy (non-hydrogen) atoms. The van der Waals surface area contributed by atoms with Crippen LogP contribution in [0.4, 0.5) is 0 Å². The average molecular weight is 290 g/mol. The third-order valence-corrected chi connectivity index (χ3v) is 4.01. The minimum atomic E-state index is -1.01. The maximum absolute atomic E-state index is 12.4. The molecule has 1 aliphatic rings.